The molecule has 0 aliphatic carbocycles. The van der Waals surface area contributed by atoms with Gasteiger partial charge >= 0.3 is 0 Å². The highest BCUT2D eigenvalue weighted by molar-refractivity contribution is 6.32. The molecule has 0 aliphatic rings. The third kappa shape index (κ3) is 1.98. The number of aromatic nitrogens is 3. The topological polar surface area (TPSA) is 56.7 Å². The molecule has 0 unspecified atom stereocenters. The fraction of sp³-hybridized carbons (Fsp3) is 0.111. The molecule has 15 heavy (non-hydrogen) atoms. The van der Waals surface area contributed by atoms with Crippen molar-refractivity contribution in [1.82, 2.24) is 15.0 Å². The van der Waals surface area contributed by atoms with Crippen LogP contribution in [0.15, 0.2) is 24.4 Å². The monoisotopic (exact) mass is 226 g/mol. The zero-order chi connectivity index (χ0) is 10.8. The van der Waals surface area contributed by atoms with Crippen LogP contribution >= 0.6 is 11.6 Å². The molecule has 0 fully saturated rings. The minimum absolute atomic E-state index is 0.281. The Balaban J connectivity index is 2.44. The minimum Gasteiger partial charge on any atom is -0.325 e. The number of nitrogens with two attached hydrogens (primary N) is 1. The zero-order valence-electron chi connectivity index (χ0n) is 7.69. The standard InChI is InChI=1S/C9H8ClFN4/c10-8-3-6(11)1-2-9(8)15-5-7(4-12)13-14-15/h1-3,5H,4,12H2. The molecule has 2 rings (SSSR count). The van der Waals surface area contributed by atoms with Crippen LogP contribution in [-0.4, -0.2) is 15.0 Å². The van der Waals surface area contributed by atoms with Crippen molar-refractivity contribution in [2.24, 2.45) is 5.73 Å². The van der Waals surface area contributed by atoms with Crippen LogP contribution < -0.4 is 5.73 Å². The summed E-state index contributed by atoms with van der Waals surface area (Å²) in [6.07, 6.45) is 1.65. The summed E-state index contributed by atoms with van der Waals surface area (Å²) in [5.74, 6) is -0.386. The Kier molecular flexibility index (Phi) is 2.66. The van der Waals surface area contributed by atoms with Crippen LogP contribution in [0, 0.1) is 5.82 Å². The van der Waals surface area contributed by atoms with Crippen molar-refractivity contribution in [3.8, 4) is 5.69 Å². The molecule has 0 saturated heterocycles. The average molecular weight is 227 g/mol. The molecule has 0 saturated carbocycles. The Labute approximate surface area is 90.5 Å². The highest BCUT2D eigenvalue weighted by Gasteiger charge is 2.06. The number of hydrogen-bond acceptors (Lipinski definition) is 3. The van der Waals surface area contributed by atoms with Crippen molar-refractivity contribution < 1.29 is 4.39 Å². The van der Waals surface area contributed by atoms with E-state index in [0.717, 1.165) is 0 Å². The van der Waals surface area contributed by atoms with Crippen LogP contribution in [0.25, 0.3) is 5.69 Å². The van der Waals surface area contributed by atoms with Crippen LogP contribution in [-0.2, 0) is 6.54 Å². The lowest BCUT2D eigenvalue weighted by molar-refractivity contribution is 0.627. The summed E-state index contributed by atoms with van der Waals surface area (Å²) in [5.41, 5.74) is 6.62. The average Bonchev–Trinajstić information content (AvgIpc) is 2.66. The van der Waals surface area contributed by atoms with E-state index >= 15 is 0 Å². The first-order valence-electron chi connectivity index (χ1n) is 4.27. The SMILES string of the molecule is NCc1cn(-c2ccc(F)cc2Cl)nn1. The van der Waals surface area contributed by atoms with E-state index in [1.54, 1.807) is 6.20 Å². The maximum absolute atomic E-state index is 12.8. The Morgan fingerprint density at radius 2 is 2.27 bits per heavy atom. The molecule has 0 spiro atoms. The van der Waals surface area contributed by atoms with Crippen LogP contribution in [0.2, 0.25) is 5.02 Å². The summed E-state index contributed by atoms with van der Waals surface area (Å²) in [6.45, 7) is 0.304. The first-order valence-corrected chi connectivity index (χ1v) is 4.65. The van der Waals surface area contributed by atoms with Gasteiger partial charge in [0.25, 0.3) is 0 Å². The van der Waals surface area contributed by atoms with Crippen molar-refractivity contribution in [2.45, 2.75) is 6.54 Å². The van der Waals surface area contributed by atoms with E-state index in [1.165, 1.54) is 22.9 Å². The maximum atomic E-state index is 12.8. The lowest BCUT2D eigenvalue weighted by atomic mass is 10.3. The van der Waals surface area contributed by atoms with Gasteiger partial charge in [-0.25, -0.2) is 9.07 Å². The predicted octanol–water partition coefficient (Wildman–Crippen LogP) is 1.52. The number of benzene rings is 1. The van der Waals surface area contributed by atoms with Gasteiger partial charge in [0.2, 0.25) is 0 Å². The van der Waals surface area contributed by atoms with Gasteiger partial charge in [0, 0.05) is 6.54 Å². The smallest absolute Gasteiger partial charge is 0.124 e. The van der Waals surface area contributed by atoms with Gasteiger partial charge in [0.15, 0.2) is 0 Å². The number of hydrogen-bond donors (Lipinski definition) is 1. The summed E-state index contributed by atoms with van der Waals surface area (Å²) in [5, 5.41) is 7.92. The fourth-order valence-electron chi connectivity index (χ4n) is 1.18. The second kappa shape index (κ2) is 3.96. The molecule has 2 N–H and O–H groups in total. The number of nitrogens with zero attached hydrogens (tertiary/aromatic N) is 3. The van der Waals surface area contributed by atoms with E-state index in [1.807, 2.05) is 0 Å². The molecule has 0 bridgehead atoms. The number of halogens is 2. The molecule has 0 atom stereocenters. The van der Waals surface area contributed by atoms with Crippen molar-refractivity contribution in [3.05, 3.63) is 40.9 Å². The van der Waals surface area contributed by atoms with Crippen LogP contribution in [0.1, 0.15) is 5.69 Å². The van der Waals surface area contributed by atoms with Crippen molar-refractivity contribution in [3.63, 3.8) is 0 Å². The van der Waals surface area contributed by atoms with E-state index in [9.17, 15) is 4.39 Å². The molecule has 0 aliphatic heterocycles. The van der Waals surface area contributed by atoms with Gasteiger partial charge in [-0.05, 0) is 18.2 Å². The third-order valence-corrected chi connectivity index (χ3v) is 2.21. The molecular weight excluding hydrogens is 219 g/mol. The van der Waals surface area contributed by atoms with Gasteiger partial charge < -0.3 is 5.73 Å². The first-order chi connectivity index (χ1) is 7.20. The van der Waals surface area contributed by atoms with E-state index in [-0.39, 0.29) is 10.8 Å². The van der Waals surface area contributed by atoms with E-state index in [4.69, 9.17) is 17.3 Å². The molecule has 6 heteroatoms. The number of rotatable bonds is 2. The molecule has 1 heterocycles. The van der Waals surface area contributed by atoms with Crippen molar-refractivity contribution in [2.75, 3.05) is 0 Å². The first kappa shape index (κ1) is 10.1. The second-order valence-corrected chi connectivity index (χ2v) is 3.36. The lowest BCUT2D eigenvalue weighted by Gasteiger charge is -2.02. The lowest BCUT2D eigenvalue weighted by Crippen LogP contribution is -1.96. The zero-order valence-corrected chi connectivity index (χ0v) is 8.45. The molecule has 1 aromatic carbocycles. The molecule has 2 aromatic rings. The van der Waals surface area contributed by atoms with E-state index in [0.29, 0.717) is 17.9 Å². The summed E-state index contributed by atoms with van der Waals surface area (Å²) < 4.78 is 14.2. The molecule has 0 amide bonds. The fourth-order valence-corrected chi connectivity index (χ4v) is 1.43. The summed E-state index contributed by atoms with van der Waals surface area (Å²) in [4.78, 5) is 0. The molecule has 78 valence electrons. The van der Waals surface area contributed by atoms with Gasteiger partial charge in [0.05, 0.1) is 22.6 Å². The summed E-state index contributed by atoms with van der Waals surface area (Å²) in [6, 6.07) is 4.07. The second-order valence-electron chi connectivity index (χ2n) is 2.95. The van der Waals surface area contributed by atoms with Crippen molar-refractivity contribution >= 4 is 11.6 Å². The Hall–Kier alpha value is -1.46. The minimum atomic E-state index is -0.386. The largest absolute Gasteiger partial charge is 0.325 e. The quantitative estimate of drug-likeness (QED) is 0.845. The maximum Gasteiger partial charge on any atom is 0.124 e. The van der Waals surface area contributed by atoms with Gasteiger partial charge in [-0.1, -0.05) is 16.8 Å². The predicted molar refractivity (Wildman–Crippen MR) is 54.2 cm³/mol. The molecule has 4 nitrogen and oxygen atoms in total. The van der Waals surface area contributed by atoms with Crippen LogP contribution in [0.3, 0.4) is 0 Å². The van der Waals surface area contributed by atoms with E-state index in [2.05, 4.69) is 10.3 Å². The van der Waals surface area contributed by atoms with Gasteiger partial charge in [0.1, 0.15) is 5.82 Å². The Bertz CT molecular complexity index is 483. The summed E-state index contributed by atoms with van der Waals surface area (Å²) in [7, 11) is 0. The van der Waals surface area contributed by atoms with Crippen molar-refractivity contribution in [1.29, 1.82) is 0 Å². The highest BCUT2D eigenvalue weighted by atomic mass is 35.5. The molecule has 1 aromatic heterocycles. The van der Waals surface area contributed by atoms with Gasteiger partial charge in [-0.2, -0.15) is 0 Å². The summed E-state index contributed by atoms with van der Waals surface area (Å²) >= 11 is 5.86. The normalized spacial score (nSPS) is 10.6. The highest BCUT2D eigenvalue weighted by Crippen LogP contribution is 2.20. The van der Waals surface area contributed by atoms with Crippen LogP contribution in [0.5, 0.6) is 0 Å². The molecular formula is C9H8ClFN4. The Morgan fingerprint density at radius 3 is 2.87 bits per heavy atom. The van der Waals surface area contributed by atoms with Gasteiger partial charge in [-0.15, -0.1) is 5.10 Å². The Morgan fingerprint density at radius 1 is 1.47 bits per heavy atom. The van der Waals surface area contributed by atoms with Crippen LogP contribution in [0.4, 0.5) is 4.39 Å². The van der Waals surface area contributed by atoms with Gasteiger partial charge in [-0.3, -0.25) is 0 Å². The van der Waals surface area contributed by atoms with E-state index < -0.39 is 0 Å². The third-order valence-electron chi connectivity index (χ3n) is 1.91. The molecule has 0 radical (unpaired) electrons.